The van der Waals surface area contributed by atoms with E-state index >= 15 is 0 Å². The average Bonchev–Trinajstić information content (AvgIpc) is 3.54. The van der Waals surface area contributed by atoms with E-state index < -0.39 is 5.97 Å². The molecule has 4 rings (SSSR count). The second-order valence-corrected chi connectivity index (χ2v) is 10.7. The van der Waals surface area contributed by atoms with Crippen LogP contribution in [0, 0.1) is 0 Å². The molecule has 0 aromatic carbocycles. The van der Waals surface area contributed by atoms with Crippen molar-refractivity contribution in [2.45, 2.75) is 39.0 Å². The van der Waals surface area contributed by atoms with Crippen LogP contribution in [0.25, 0.3) is 6.08 Å². The molecule has 1 aliphatic carbocycles. The van der Waals surface area contributed by atoms with E-state index in [2.05, 4.69) is 15.4 Å². The highest BCUT2D eigenvalue weighted by atomic mass is 32.2. The molecule has 1 N–H and O–H groups in total. The Morgan fingerprint density at radius 1 is 1.30 bits per heavy atom. The molecule has 0 unspecified atom stereocenters. The smallest absolute Gasteiger partial charge is 0.341 e. The maximum absolute atomic E-state index is 13.1. The van der Waals surface area contributed by atoms with Crippen LogP contribution in [0.15, 0.2) is 23.1 Å². The van der Waals surface area contributed by atoms with Gasteiger partial charge < -0.3 is 14.8 Å². The van der Waals surface area contributed by atoms with Crippen molar-refractivity contribution in [3.05, 3.63) is 39.7 Å². The van der Waals surface area contributed by atoms with Gasteiger partial charge in [-0.2, -0.15) is 5.10 Å². The number of aryl methyl sites for hydroxylation is 2. The number of carbonyl (C=O) groups is 3. The zero-order chi connectivity index (χ0) is 26.4. The first-order chi connectivity index (χ1) is 17.9. The van der Waals surface area contributed by atoms with Gasteiger partial charge in [0.2, 0.25) is 5.91 Å². The van der Waals surface area contributed by atoms with Gasteiger partial charge in [0.1, 0.15) is 10.7 Å². The second-order valence-electron chi connectivity index (χ2n) is 8.65. The summed E-state index contributed by atoms with van der Waals surface area (Å²) in [7, 11) is 3.41. The largest absolute Gasteiger partial charge is 0.462 e. The first kappa shape index (κ1) is 27.1. The Hall–Kier alpha value is -2.96. The summed E-state index contributed by atoms with van der Waals surface area (Å²) in [5.41, 5.74) is 2.54. The third-order valence-electron chi connectivity index (χ3n) is 5.91. The minimum absolute atomic E-state index is 0.0396. The zero-order valence-electron chi connectivity index (χ0n) is 21.2. The van der Waals surface area contributed by atoms with Crippen molar-refractivity contribution in [1.82, 2.24) is 14.7 Å². The van der Waals surface area contributed by atoms with Crippen LogP contribution in [0.3, 0.4) is 0 Å². The number of fused-ring (bicyclic) bond motifs is 1. The Bertz CT molecular complexity index is 1230. The number of anilines is 1. The molecule has 12 heteroatoms. The van der Waals surface area contributed by atoms with Gasteiger partial charge in [-0.1, -0.05) is 11.8 Å². The standard InChI is InChI=1S/C25H31N5O5S2/c1-4-35-24(33)21-17-8-5-6-9-19(17)37-22(21)28-20(31)15-36-25-27-18(12-16-13-26-29(2)14-16)23(32)30(25)10-7-11-34-3/h12-14H,4-11,15H2,1-3H3,(H,28,31). The average molecular weight is 546 g/mol. The summed E-state index contributed by atoms with van der Waals surface area (Å²) in [5, 5.41) is 8.04. The predicted octanol–water partition coefficient (Wildman–Crippen LogP) is 3.48. The van der Waals surface area contributed by atoms with Crippen molar-refractivity contribution in [1.29, 1.82) is 0 Å². The highest BCUT2D eigenvalue weighted by Crippen LogP contribution is 2.38. The fourth-order valence-corrected chi connectivity index (χ4v) is 6.36. The Morgan fingerprint density at radius 3 is 2.84 bits per heavy atom. The Labute approximate surface area is 224 Å². The zero-order valence-corrected chi connectivity index (χ0v) is 22.9. The summed E-state index contributed by atoms with van der Waals surface area (Å²) < 4.78 is 12.1. The van der Waals surface area contributed by atoms with Gasteiger partial charge in [-0.3, -0.25) is 19.2 Å². The fourth-order valence-electron chi connectivity index (χ4n) is 4.24. The number of ether oxygens (including phenoxy) is 2. The molecule has 0 fully saturated rings. The van der Waals surface area contributed by atoms with E-state index in [4.69, 9.17) is 9.47 Å². The summed E-state index contributed by atoms with van der Waals surface area (Å²) in [6, 6.07) is 0. The molecular weight excluding hydrogens is 514 g/mol. The molecule has 0 saturated heterocycles. The first-order valence-corrected chi connectivity index (χ1v) is 14.1. The molecule has 1 aliphatic heterocycles. The van der Waals surface area contributed by atoms with E-state index in [0.717, 1.165) is 41.7 Å². The predicted molar refractivity (Wildman–Crippen MR) is 145 cm³/mol. The molecule has 3 heterocycles. The van der Waals surface area contributed by atoms with E-state index in [1.54, 1.807) is 49.1 Å². The monoisotopic (exact) mass is 545 g/mol. The number of hydrogen-bond donors (Lipinski definition) is 1. The number of rotatable bonds is 10. The third kappa shape index (κ3) is 6.49. The second kappa shape index (κ2) is 12.5. The van der Waals surface area contributed by atoms with Crippen molar-refractivity contribution in [2.75, 3.05) is 37.9 Å². The van der Waals surface area contributed by atoms with Crippen LogP contribution in [0.1, 0.15) is 52.5 Å². The van der Waals surface area contributed by atoms with Gasteiger partial charge in [-0.05, 0) is 50.7 Å². The quantitative estimate of drug-likeness (QED) is 0.276. The van der Waals surface area contributed by atoms with Gasteiger partial charge in [0, 0.05) is 43.9 Å². The highest BCUT2D eigenvalue weighted by molar-refractivity contribution is 8.14. The van der Waals surface area contributed by atoms with E-state index in [-0.39, 0.29) is 24.2 Å². The lowest BCUT2D eigenvalue weighted by atomic mass is 9.95. The third-order valence-corrected chi connectivity index (χ3v) is 8.09. The molecule has 0 radical (unpaired) electrons. The molecule has 37 heavy (non-hydrogen) atoms. The van der Waals surface area contributed by atoms with Crippen molar-refractivity contribution >= 4 is 57.1 Å². The molecule has 2 aromatic heterocycles. The van der Waals surface area contributed by atoms with Crippen LogP contribution >= 0.6 is 23.1 Å². The van der Waals surface area contributed by atoms with Crippen LogP contribution in [-0.2, 0) is 39.0 Å². The molecule has 198 valence electrons. The molecule has 0 saturated carbocycles. The highest BCUT2D eigenvalue weighted by Gasteiger charge is 2.31. The number of thioether (sulfide) groups is 1. The molecular formula is C25H31N5O5S2. The van der Waals surface area contributed by atoms with Gasteiger partial charge in [0.05, 0.1) is 24.1 Å². The number of aromatic nitrogens is 2. The van der Waals surface area contributed by atoms with Gasteiger partial charge in [0.25, 0.3) is 5.91 Å². The fraction of sp³-hybridized carbons (Fsp3) is 0.480. The Morgan fingerprint density at radius 2 is 2.11 bits per heavy atom. The topological polar surface area (TPSA) is 115 Å². The van der Waals surface area contributed by atoms with E-state index in [0.29, 0.717) is 41.0 Å². The van der Waals surface area contributed by atoms with Crippen LogP contribution in [0.5, 0.6) is 0 Å². The van der Waals surface area contributed by atoms with Crippen molar-refractivity contribution in [3.8, 4) is 0 Å². The summed E-state index contributed by atoms with van der Waals surface area (Å²) in [4.78, 5) is 45.9. The molecule has 2 aliphatic rings. The number of nitrogens with one attached hydrogen (secondary N) is 1. The molecule has 0 atom stereocenters. The van der Waals surface area contributed by atoms with Gasteiger partial charge >= 0.3 is 5.97 Å². The van der Waals surface area contributed by atoms with Gasteiger partial charge in [0.15, 0.2) is 5.17 Å². The molecule has 0 bridgehead atoms. The maximum atomic E-state index is 13.1. The lowest BCUT2D eigenvalue weighted by Crippen LogP contribution is -2.32. The van der Waals surface area contributed by atoms with E-state index in [9.17, 15) is 14.4 Å². The number of amides is 2. The summed E-state index contributed by atoms with van der Waals surface area (Å²) in [6.45, 7) is 2.97. The summed E-state index contributed by atoms with van der Waals surface area (Å²) in [5.74, 6) is -0.855. The molecule has 2 amide bonds. The van der Waals surface area contributed by atoms with Crippen molar-refractivity contribution in [3.63, 3.8) is 0 Å². The van der Waals surface area contributed by atoms with Crippen LogP contribution in [0.2, 0.25) is 0 Å². The van der Waals surface area contributed by atoms with Crippen LogP contribution in [-0.4, -0.2) is 70.3 Å². The SMILES string of the molecule is CCOC(=O)c1c(NC(=O)CSC2=NC(=Cc3cnn(C)c3)C(=O)N2CCCOC)sc2c1CCCC2. The first-order valence-electron chi connectivity index (χ1n) is 12.2. The number of thiophene rings is 1. The summed E-state index contributed by atoms with van der Waals surface area (Å²) >= 11 is 2.64. The van der Waals surface area contributed by atoms with Gasteiger partial charge in [-0.25, -0.2) is 9.79 Å². The minimum atomic E-state index is -0.398. The summed E-state index contributed by atoms with van der Waals surface area (Å²) in [6.07, 6.45) is 9.58. The van der Waals surface area contributed by atoms with Crippen molar-refractivity contribution < 1.29 is 23.9 Å². The van der Waals surface area contributed by atoms with E-state index in [1.165, 1.54) is 23.1 Å². The number of esters is 1. The molecule has 0 spiro atoms. The number of nitrogens with zero attached hydrogens (tertiary/aromatic N) is 4. The molecule has 10 nitrogen and oxygen atoms in total. The lowest BCUT2D eigenvalue weighted by molar-refractivity contribution is -0.122. The van der Waals surface area contributed by atoms with Crippen LogP contribution < -0.4 is 5.32 Å². The van der Waals surface area contributed by atoms with Crippen LogP contribution in [0.4, 0.5) is 5.00 Å². The number of aliphatic imine (C=N–C) groups is 1. The number of carbonyl (C=O) groups excluding carboxylic acids is 3. The maximum Gasteiger partial charge on any atom is 0.341 e. The lowest BCUT2D eigenvalue weighted by Gasteiger charge is -2.17. The normalized spacial score (nSPS) is 16.2. The Balaban J connectivity index is 1.48. The van der Waals surface area contributed by atoms with Crippen molar-refractivity contribution in [2.24, 2.45) is 12.0 Å². The number of amidine groups is 1. The minimum Gasteiger partial charge on any atom is -0.462 e. The van der Waals surface area contributed by atoms with E-state index in [1.807, 2.05) is 0 Å². The number of hydrogen-bond acceptors (Lipinski definition) is 9. The Kier molecular flexibility index (Phi) is 9.17. The van der Waals surface area contributed by atoms with Gasteiger partial charge in [-0.15, -0.1) is 11.3 Å². The number of methoxy groups -OCH3 is 1. The molecule has 2 aromatic rings.